The van der Waals surface area contributed by atoms with Gasteiger partial charge < -0.3 is 14.4 Å². The summed E-state index contributed by atoms with van der Waals surface area (Å²) in [7, 11) is 0. The average molecular weight is 278 g/mol. The number of nitrogens with zero attached hydrogens (tertiary/aromatic N) is 1. The number of amides is 1. The van der Waals surface area contributed by atoms with Crippen molar-refractivity contribution in [3.63, 3.8) is 0 Å². The van der Waals surface area contributed by atoms with Crippen LogP contribution in [0.15, 0.2) is 53.4 Å². The van der Waals surface area contributed by atoms with Crippen molar-refractivity contribution in [3.05, 3.63) is 59.0 Å². The van der Waals surface area contributed by atoms with Crippen LogP contribution in [0.25, 0.3) is 0 Å². The predicted molar refractivity (Wildman–Crippen MR) is 71.0 cm³/mol. The molecule has 1 aromatic rings. The molecule has 0 bridgehead atoms. The molecule has 0 aliphatic carbocycles. The van der Waals surface area contributed by atoms with Gasteiger partial charge in [-0.2, -0.15) is 0 Å². The molecule has 0 saturated heterocycles. The average Bonchev–Trinajstić information content (AvgIpc) is 2.45. The van der Waals surface area contributed by atoms with Crippen molar-refractivity contribution in [1.82, 2.24) is 4.90 Å². The van der Waals surface area contributed by atoms with Gasteiger partial charge in [0.1, 0.15) is 18.4 Å². The van der Waals surface area contributed by atoms with Crippen LogP contribution in [0, 0.1) is 0 Å². The van der Waals surface area contributed by atoms with Gasteiger partial charge >= 0.3 is 0 Å². The topological polar surface area (TPSA) is 46.6 Å². The summed E-state index contributed by atoms with van der Waals surface area (Å²) in [5, 5.41) is 0.341. The lowest BCUT2D eigenvalue weighted by molar-refractivity contribution is -0.123. The highest BCUT2D eigenvalue weighted by Crippen LogP contribution is 2.22. The molecule has 0 spiro atoms. The molecule has 1 heterocycles. The normalized spacial score (nSPS) is 18.4. The van der Waals surface area contributed by atoms with Gasteiger partial charge in [0, 0.05) is 6.20 Å². The maximum atomic E-state index is 11.1. The number of hydrogen-bond donors (Lipinski definition) is 0. The Hall–Kier alpha value is -2.07. The molecule has 4 nitrogen and oxygen atoms in total. The van der Waals surface area contributed by atoms with Crippen LogP contribution in [0.4, 0.5) is 0 Å². The second kappa shape index (κ2) is 6.20. The molecule has 5 heteroatoms. The Morgan fingerprint density at radius 2 is 2.00 bits per heavy atom. The van der Waals surface area contributed by atoms with Crippen molar-refractivity contribution >= 4 is 24.3 Å². The molecule has 1 aromatic carbocycles. The molecule has 1 unspecified atom stereocenters. The van der Waals surface area contributed by atoms with E-state index in [1.807, 2.05) is 30.3 Å². The standard InChI is InChI=1S/C14H12ClNO3/c15-12-6-14(13(8-17)16(7-12)10-18)19-9-11-4-2-1-3-5-11/h1-8,10,13H,9H2. The van der Waals surface area contributed by atoms with Crippen molar-refractivity contribution in [2.24, 2.45) is 0 Å². The largest absolute Gasteiger partial charge is 0.491 e. The number of allylic oxidation sites excluding steroid dienone is 2. The fourth-order valence-electron chi connectivity index (χ4n) is 1.73. The maximum absolute atomic E-state index is 11.1. The number of aldehydes is 1. The first-order chi connectivity index (χ1) is 9.24. The zero-order chi connectivity index (χ0) is 13.7. The van der Waals surface area contributed by atoms with Gasteiger partial charge in [-0.25, -0.2) is 0 Å². The number of benzene rings is 1. The fraction of sp³-hybridized carbons (Fsp3) is 0.143. The van der Waals surface area contributed by atoms with E-state index < -0.39 is 6.04 Å². The number of hydrogen-bond acceptors (Lipinski definition) is 3. The van der Waals surface area contributed by atoms with Gasteiger partial charge in [0.25, 0.3) is 0 Å². The maximum Gasteiger partial charge on any atom is 0.214 e. The van der Waals surface area contributed by atoms with Crippen LogP contribution in [-0.2, 0) is 20.9 Å². The number of rotatable bonds is 5. The zero-order valence-corrected chi connectivity index (χ0v) is 10.8. The minimum atomic E-state index is -0.760. The second-order valence-electron chi connectivity index (χ2n) is 3.97. The van der Waals surface area contributed by atoms with E-state index in [-0.39, 0.29) is 0 Å². The van der Waals surface area contributed by atoms with Crippen LogP contribution in [0.5, 0.6) is 0 Å². The van der Waals surface area contributed by atoms with Gasteiger partial charge in [0.15, 0.2) is 6.29 Å². The minimum Gasteiger partial charge on any atom is -0.491 e. The molecule has 19 heavy (non-hydrogen) atoms. The van der Waals surface area contributed by atoms with E-state index in [0.29, 0.717) is 30.1 Å². The molecule has 98 valence electrons. The SMILES string of the molecule is O=CC1C(OCc2ccccc2)=CC(Cl)=CN1C=O. The van der Waals surface area contributed by atoms with Crippen LogP contribution < -0.4 is 0 Å². The van der Waals surface area contributed by atoms with Gasteiger partial charge in [-0.15, -0.1) is 0 Å². The number of carbonyl (C=O) groups is 2. The first kappa shape index (κ1) is 13.4. The third kappa shape index (κ3) is 3.23. The summed E-state index contributed by atoms with van der Waals surface area (Å²) >= 11 is 5.88. The van der Waals surface area contributed by atoms with Crippen LogP contribution in [0.3, 0.4) is 0 Å². The highest BCUT2D eigenvalue weighted by molar-refractivity contribution is 6.31. The Labute approximate surface area is 115 Å². The molecule has 1 atom stereocenters. The first-order valence-electron chi connectivity index (χ1n) is 5.68. The third-order valence-electron chi connectivity index (χ3n) is 2.66. The van der Waals surface area contributed by atoms with Crippen LogP contribution in [-0.4, -0.2) is 23.6 Å². The monoisotopic (exact) mass is 277 g/mol. The van der Waals surface area contributed by atoms with Crippen LogP contribution >= 0.6 is 11.6 Å². The quantitative estimate of drug-likeness (QED) is 0.775. The summed E-state index contributed by atoms with van der Waals surface area (Å²) < 4.78 is 5.58. The van der Waals surface area contributed by atoms with Crippen molar-refractivity contribution in [1.29, 1.82) is 0 Å². The predicted octanol–water partition coefficient (Wildman–Crippen LogP) is 2.21. The van der Waals surface area contributed by atoms with Gasteiger partial charge in [-0.1, -0.05) is 41.9 Å². The highest BCUT2D eigenvalue weighted by Gasteiger charge is 2.25. The van der Waals surface area contributed by atoms with E-state index in [9.17, 15) is 9.59 Å². The van der Waals surface area contributed by atoms with E-state index >= 15 is 0 Å². The molecule has 0 radical (unpaired) electrons. The molecule has 2 rings (SSSR count). The fourth-order valence-corrected chi connectivity index (χ4v) is 1.95. The smallest absolute Gasteiger partial charge is 0.214 e. The highest BCUT2D eigenvalue weighted by atomic mass is 35.5. The summed E-state index contributed by atoms with van der Waals surface area (Å²) in [6.45, 7) is 0.313. The molecule has 0 aromatic heterocycles. The zero-order valence-electron chi connectivity index (χ0n) is 10.0. The van der Waals surface area contributed by atoms with Gasteiger partial charge in [-0.3, -0.25) is 4.79 Å². The number of ether oxygens (including phenoxy) is 1. The number of halogens is 1. The van der Waals surface area contributed by atoms with Crippen molar-refractivity contribution in [2.45, 2.75) is 12.6 Å². The van der Waals surface area contributed by atoms with Gasteiger partial charge in [-0.05, 0) is 11.6 Å². The Morgan fingerprint density at radius 3 is 2.63 bits per heavy atom. The molecule has 1 amide bonds. The summed E-state index contributed by atoms with van der Waals surface area (Å²) in [6.07, 6.45) is 4.12. The summed E-state index contributed by atoms with van der Waals surface area (Å²) in [6, 6.07) is 8.77. The van der Waals surface area contributed by atoms with E-state index in [2.05, 4.69) is 0 Å². The third-order valence-corrected chi connectivity index (χ3v) is 2.87. The second-order valence-corrected chi connectivity index (χ2v) is 4.40. The summed E-state index contributed by atoms with van der Waals surface area (Å²) in [5.74, 6) is 0.360. The summed E-state index contributed by atoms with van der Waals surface area (Å²) in [4.78, 5) is 23.1. The Kier molecular flexibility index (Phi) is 4.36. The minimum absolute atomic E-state index is 0.313. The van der Waals surface area contributed by atoms with Crippen molar-refractivity contribution < 1.29 is 14.3 Å². The molecule has 0 saturated carbocycles. The van der Waals surface area contributed by atoms with Crippen molar-refractivity contribution in [2.75, 3.05) is 0 Å². The van der Waals surface area contributed by atoms with E-state index in [0.717, 1.165) is 5.56 Å². The van der Waals surface area contributed by atoms with Crippen molar-refractivity contribution in [3.8, 4) is 0 Å². The molecular weight excluding hydrogens is 266 g/mol. The molecule has 1 aliphatic heterocycles. The summed E-state index contributed by atoms with van der Waals surface area (Å²) in [5.41, 5.74) is 0.969. The Balaban J connectivity index is 2.11. The lowest BCUT2D eigenvalue weighted by Crippen LogP contribution is -2.35. The van der Waals surface area contributed by atoms with Crippen LogP contribution in [0.1, 0.15) is 5.56 Å². The molecule has 0 fully saturated rings. The molecular formula is C14H12ClNO3. The van der Waals surface area contributed by atoms with Gasteiger partial charge in [0.05, 0.1) is 5.03 Å². The molecule has 0 N–H and O–H groups in total. The van der Waals surface area contributed by atoms with E-state index in [4.69, 9.17) is 16.3 Å². The number of carbonyl (C=O) groups excluding carboxylic acids is 2. The van der Waals surface area contributed by atoms with E-state index in [1.165, 1.54) is 11.1 Å². The lowest BCUT2D eigenvalue weighted by Gasteiger charge is -2.26. The Morgan fingerprint density at radius 1 is 1.26 bits per heavy atom. The molecule has 1 aliphatic rings. The Bertz CT molecular complexity index is 525. The lowest BCUT2D eigenvalue weighted by atomic mass is 10.1. The van der Waals surface area contributed by atoms with Gasteiger partial charge in [0.2, 0.25) is 6.41 Å². The van der Waals surface area contributed by atoms with E-state index in [1.54, 1.807) is 6.08 Å². The van der Waals surface area contributed by atoms with Crippen LogP contribution in [0.2, 0.25) is 0 Å². The first-order valence-corrected chi connectivity index (χ1v) is 6.06.